The fourth-order valence-electron chi connectivity index (χ4n) is 2.07. The first-order chi connectivity index (χ1) is 6.34. The van der Waals surface area contributed by atoms with Crippen molar-refractivity contribution in [1.29, 1.82) is 0 Å². The highest BCUT2D eigenvalue weighted by Crippen LogP contribution is 2.40. The van der Waals surface area contributed by atoms with Crippen molar-refractivity contribution < 1.29 is 0 Å². The van der Waals surface area contributed by atoms with E-state index < -0.39 is 0 Å². The summed E-state index contributed by atoms with van der Waals surface area (Å²) in [6.45, 7) is 2.11. The average molecular weight is 198 g/mol. The van der Waals surface area contributed by atoms with Crippen molar-refractivity contribution >= 4 is 17.4 Å². The number of nitrogens with one attached hydrogen (secondary N) is 1. The summed E-state index contributed by atoms with van der Waals surface area (Å²) in [5.74, 6) is 2.70. The molecular weight excluding hydrogens is 186 g/mol. The second-order valence-corrected chi connectivity index (χ2v) is 4.41. The third kappa shape index (κ3) is 1.22. The molecule has 13 heavy (non-hydrogen) atoms. The van der Waals surface area contributed by atoms with Crippen molar-refractivity contribution in [1.82, 2.24) is 9.78 Å². The van der Waals surface area contributed by atoms with Crippen molar-refractivity contribution in [3.8, 4) is 0 Å². The normalized spacial score (nSPS) is 26.7. The summed E-state index contributed by atoms with van der Waals surface area (Å²) in [4.78, 5) is 0. The molecule has 1 N–H and O–H groups in total. The lowest BCUT2D eigenvalue weighted by Gasteiger charge is -2.24. The van der Waals surface area contributed by atoms with E-state index in [-0.39, 0.29) is 0 Å². The van der Waals surface area contributed by atoms with Crippen LogP contribution in [0.1, 0.15) is 12.8 Å². The van der Waals surface area contributed by atoms with E-state index in [1.54, 1.807) is 6.20 Å². The molecule has 3 rings (SSSR count). The van der Waals surface area contributed by atoms with E-state index in [0.717, 1.165) is 35.8 Å². The van der Waals surface area contributed by atoms with Crippen molar-refractivity contribution in [2.75, 3.05) is 11.9 Å². The number of anilines is 1. The van der Waals surface area contributed by atoms with Crippen LogP contribution in [-0.2, 0) is 6.54 Å². The van der Waals surface area contributed by atoms with Gasteiger partial charge in [0, 0.05) is 13.1 Å². The largest absolute Gasteiger partial charge is 0.369 e. The lowest BCUT2D eigenvalue weighted by molar-refractivity contribution is 0.374. The summed E-state index contributed by atoms with van der Waals surface area (Å²) in [6.07, 6.45) is 4.52. The van der Waals surface area contributed by atoms with Gasteiger partial charge in [-0.05, 0) is 24.7 Å². The highest BCUT2D eigenvalue weighted by atomic mass is 35.5. The molecule has 1 aliphatic heterocycles. The van der Waals surface area contributed by atoms with Crippen LogP contribution in [0.2, 0.25) is 5.02 Å². The van der Waals surface area contributed by atoms with E-state index in [1.807, 2.05) is 4.68 Å². The van der Waals surface area contributed by atoms with Gasteiger partial charge in [0.15, 0.2) is 0 Å². The number of fused-ring (bicyclic) bond motifs is 1. The Kier molecular flexibility index (Phi) is 1.56. The Balaban J connectivity index is 1.86. The summed E-state index contributed by atoms with van der Waals surface area (Å²) in [7, 11) is 0. The Morgan fingerprint density at radius 2 is 2.31 bits per heavy atom. The minimum absolute atomic E-state index is 0.745. The molecule has 0 aromatic carbocycles. The Morgan fingerprint density at radius 3 is 3.08 bits per heavy atom. The molecule has 0 amide bonds. The Hall–Kier alpha value is -0.700. The summed E-state index contributed by atoms with van der Waals surface area (Å²) in [5, 5.41) is 8.33. The number of hydrogen-bond acceptors (Lipinski definition) is 2. The van der Waals surface area contributed by atoms with Crippen LogP contribution in [0.3, 0.4) is 0 Å². The molecule has 2 heterocycles. The number of hydrogen-bond donors (Lipinski definition) is 1. The van der Waals surface area contributed by atoms with Gasteiger partial charge in [0.25, 0.3) is 0 Å². The molecule has 2 aliphatic rings. The van der Waals surface area contributed by atoms with Gasteiger partial charge in [-0.15, -0.1) is 0 Å². The molecule has 1 aromatic heterocycles. The number of aromatic nitrogens is 2. The molecule has 1 aliphatic carbocycles. The first kappa shape index (κ1) is 7.68. The lowest BCUT2D eigenvalue weighted by Crippen LogP contribution is -2.29. The van der Waals surface area contributed by atoms with E-state index >= 15 is 0 Å². The first-order valence-electron chi connectivity index (χ1n) is 4.80. The smallest absolute Gasteiger partial charge is 0.143 e. The lowest BCUT2D eigenvalue weighted by atomic mass is 10.0. The summed E-state index contributed by atoms with van der Waals surface area (Å²) < 4.78 is 1.99. The highest BCUT2D eigenvalue weighted by Gasteiger charge is 2.34. The zero-order valence-electron chi connectivity index (χ0n) is 7.33. The molecule has 0 saturated heterocycles. The van der Waals surface area contributed by atoms with Crippen LogP contribution >= 0.6 is 11.6 Å². The summed E-state index contributed by atoms with van der Waals surface area (Å²) >= 11 is 5.95. The SMILES string of the molecule is Clc1cnn2c1NCC(C1CC1)C2. The third-order valence-electron chi connectivity index (χ3n) is 3.02. The van der Waals surface area contributed by atoms with Crippen LogP contribution < -0.4 is 5.32 Å². The molecule has 1 saturated carbocycles. The first-order valence-corrected chi connectivity index (χ1v) is 5.17. The van der Waals surface area contributed by atoms with Crippen LogP contribution in [0.4, 0.5) is 5.82 Å². The molecule has 0 spiro atoms. The third-order valence-corrected chi connectivity index (χ3v) is 3.30. The fourth-order valence-corrected chi connectivity index (χ4v) is 2.28. The maximum absolute atomic E-state index is 5.95. The van der Waals surface area contributed by atoms with E-state index in [0.29, 0.717) is 0 Å². The van der Waals surface area contributed by atoms with Gasteiger partial charge in [0.1, 0.15) is 10.8 Å². The average Bonchev–Trinajstić information content (AvgIpc) is 2.93. The standard InChI is InChI=1S/C9H12ClN3/c10-8-4-12-13-5-7(6-1-2-6)3-11-9(8)13/h4,6-7,11H,1-3,5H2. The van der Waals surface area contributed by atoms with Crippen LogP contribution in [0.25, 0.3) is 0 Å². The van der Waals surface area contributed by atoms with E-state index in [1.165, 1.54) is 12.8 Å². The van der Waals surface area contributed by atoms with Gasteiger partial charge in [-0.25, -0.2) is 4.68 Å². The highest BCUT2D eigenvalue weighted by molar-refractivity contribution is 6.32. The van der Waals surface area contributed by atoms with Crippen molar-refractivity contribution in [3.63, 3.8) is 0 Å². The van der Waals surface area contributed by atoms with E-state index in [9.17, 15) is 0 Å². The predicted molar refractivity (Wildman–Crippen MR) is 51.9 cm³/mol. The molecule has 1 unspecified atom stereocenters. The summed E-state index contributed by atoms with van der Waals surface area (Å²) in [6, 6.07) is 0. The number of rotatable bonds is 1. The maximum Gasteiger partial charge on any atom is 0.143 e. The molecule has 1 atom stereocenters. The quantitative estimate of drug-likeness (QED) is 0.746. The molecule has 0 radical (unpaired) electrons. The minimum atomic E-state index is 0.745. The second kappa shape index (κ2) is 2.64. The summed E-state index contributed by atoms with van der Waals surface area (Å²) in [5.41, 5.74) is 0. The molecule has 4 heteroatoms. The van der Waals surface area contributed by atoms with Crippen molar-refractivity contribution in [2.45, 2.75) is 19.4 Å². The zero-order valence-corrected chi connectivity index (χ0v) is 8.09. The van der Waals surface area contributed by atoms with Gasteiger partial charge in [0.2, 0.25) is 0 Å². The van der Waals surface area contributed by atoms with Gasteiger partial charge in [-0.2, -0.15) is 5.10 Å². The Morgan fingerprint density at radius 1 is 1.46 bits per heavy atom. The molecular formula is C9H12ClN3. The van der Waals surface area contributed by atoms with Crippen molar-refractivity contribution in [3.05, 3.63) is 11.2 Å². The van der Waals surface area contributed by atoms with Gasteiger partial charge in [-0.3, -0.25) is 0 Å². The van der Waals surface area contributed by atoms with Crippen LogP contribution in [-0.4, -0.2) is 16.3 Å². The number of halogens is 1. The van der Waals surface area contributed by atoms with Gasteiger partial charge in [0.05, 0.1) is 6.20 Å². The monoisotopic (exact) mass is 197 g/mol. The van der Waals surface area contributed by atoms with Crippen LogP contribution in [0.15, 0.2) is 6.20 Å². The van der Waals surface area contributed by atoms with Gasteiger partial charge in [-0.1, -0.05) is 11.6 Å². The van der Waals surface area contributed by atoms with Crippen LogP contribution in [0, 0.1) is 11.8 Å². The van der Waals surface area contributed by atoms with Gasteiger partial charge < -0.3 is 5.32 Å². The second-order valence-electron chi connectivity index (χ2n) is 4.00. The topological polar surface area (TPSA) is 29.9 Å². The molecule has 70 valence electrons. The zero-order chi connectivity index (χ0) is 8.84. The molecule has 1 fully saturated rings. The predicted octanol–water partition coefficient (Wildman–Crippen LogP) is 1.99. The van der Waals surface area contributed by atoms with E-state index in [4.69, 9.17) is 11.6 Å². The fraction of sp³-hybridized carbons (Fsp3) is 0.667. The van der Waals surface area contributed by atoms with Gasteiger partial charge >= 0.3 is 0 Å². The van der Waals surface area contributed by atoms with E-state index in [2.05, 4.69) is 10.4 Å². The van der Waals surface area contributed by atoms with Crippen molar-refractivity contribution in [2.24, 2.45) is 11.8 Å². The molecule has 0 bridgehead atoms. The Labute approximate surface area is 82.1 Å². The van der Waals surface area contributed by atoms with Crippen LogP contribution in [0.5, 0.6) is 0 Å². The number of nitrogens with zero attached hydrogens (tertiary/aromatic N) is 2. The Bertz CT molecular complexity index is 330. The molecule has 3 nitrogen and oxygen atoms in total. The maximum atomic E-state index is 5.95. The molecule has 1 aromatic rings. The minimum Gasteiger partial charge on any atom is -0.369 e.